The highest BCUT2D eigenvalue weighted by atomic mass is 16.5. The second-order valence-corrected chi connectivity index (χ2v) is 4.07. The molecule has 0 saturated carbocycles. The summed E-state index contributed by atoms with van der Waals surface area (Å²) >= 11 is 0. The predicted molar refractivity (Wildman–Crippen MR) is 68.3 cm³/mol. The lowest BCUT2D eigenvalue weighted by Crippen LogP contribution is -1.96. The molecule has 96 valence electrons. The molecule has 0 aliphatic heterocycles. The number of aromatic nitrogens is 2. The Bertz CT molecular complexity index is 549. The second kappa shape index (κ2) is 5.18. The van der Waals surface area contributed by atoms with Gasteiger partial charge in [0.2, 0.25) is 11.8 Å². The first kappa shape index (κ1) is 12.6. The highest BCUT2D eigenvalue weighted by molar-refractivity contribution is 5.62. The van der Waals surface area contributed by atoms with Crippen molar-refractivity contribution in [2.75, 3.05) is 6.61 Å². The van der Waals surface area contributed by atoms with Gasteiger partial charge >= 0.3 is 0 Å². The summed E-state index contributed by atoms with van der Waals surface area (Å²) in [5.41, 5.74) is 8.46. The molecule has 0 fully saturated rings. The highest BCUT2D eigenvalue weighted by Gasteiger charge is 2.13. The van der Waals surface area contributed by atoms with Gasteiger partial charge in [-0.1, -0.05) is 0 Å². The molecule has 2 aromatic rings. The Kier molecular flexibility index (Phi) is 3.62. The van der Waals surface area contributed by atoms with Gasteiger partial charge in [-0.2, -0.15) is 0 Å². The SMILES string of the molecule is CCOc1cc(C)c(-c2nnc(CN)o2)cc1C. The van der Waals surface area contributed by atoms with Gasteiger partial charge in [0.05, 0.1) is 13.2 Å². The van der Waals surface area contributed by atoms with Gasteiger partial charge in [0.15, 0.2) is 0 Å². The van der Waals surface area contributed by atoms with Crippen molar-refractivity contribution in [2.24, 2.45) is 5.73 Å². The average Bonchev–Trinajstić information content (AvgIpc) is 2.82. The van der Waals surface area contributed by atoms with E-state index in [9.17, 15) is 0 Å². The summed E-state index contributed by atoms with van der Waals surface area (Å²) in [4.78, 5) is 0. The predicted octanol–water partition coefficient (Wildman–Crippen LogP) is 2.21. The fraction of sp³-hybridized carbons (Fsp3) is 0.385. The molecule has 18 heavy (non-hydrogen) atoms. The van der Waals surface area contributed by atoms with E-state index in [1.165, 1.54) is 0 Å². The smallest absolute Gasteiger partial charge is 0.248 e. The van der Waals surface area contributed by atoms with Gasteiger partial charge in [-0.25, -0.2) is 0 Å². The fourth-order valence-corrected chi connectivity index (χ4v) is 1.78. The molecule has 1 heterocycles. The molecule has 1 aromatic heterocycles. The molecule has 0 radical (unpaired) electrons. The van der Waals surface area contributed by atoms with Crippen LogP contribution in [-0.4, -0.2) is 16.8 Å². The Labute approximate surface area is 106 Å². The van der Waals surface area contributed by atoms with E-state index in [0.717, 1.165) is 22.4 Å². The maximum atomic E-state index is 5.55. The molecule has 0 saturated heterocycles. The third kappa shape index (κ3) is 2.36. The van der Waals surface area contributed by atoms with Crippen LogP contribution in [0, 0.1) is 13.8 Å². The molecule has 0 amide bonds. The van der Waals surface area contributed by atoms with E-state index < -0.39 is 0 Å². The zero-order valence-corrected chi connectivity index (χ0v) is 10.9. The van der Waals surface area contributed by atoms with Gasteiger partial charge in [0, 0.05) is 5.56 Å². The van der Waals surface area contributed by atoms with Gasteiger partial charge in [-0.05, 0) is 44.0 Å². The van der Waals surface area contributed by atoms with Crippen molar-refractivity contribution >= 4 is 0 Å². The highest BCUT2D eigenvalue weighted by Crippen LogP contribution is 2.29. The fourth-order valence-electron chi connectivity index (χ4n) is 1.78. The maximum absolute atomic E-state index is 5.55. The molecule has 5 nitrogen and oxygen atoms in total. The van der Waals surface area contributed by atoms with Crippen LogP contribution in [0.1, 0.15) is 23.9 Å². The van der Waals surface area contributed by atoms with Gasteiger partial charge in [-0.15, -0.1) is 10.2 Å². The first-order valence-corrected chi connectivity index (χ1v) is 5.92. The number of hydrogen-bond donors (Lipinski definition) is 1. The molecule has 0 unspecified atom stereocenters. The van der Waals surface area contributed by atoms with Gasteiger partial charge in [-0.3, -0.25) is 0 Å². The zero-order valence-electron chi connectivity index (χ0n) is 10.9. The van der Waals surface area contributed by atoms with E-state index in [4.69, 9.17) is 14.9 Å². The maximum Gasteiger partial charge on any atom is 0.248 e. The topological polar surface area (TPSA) is 74.2 Å². The lowest BCUT2D eigenvalue weighted by atomic mass is 10.0. The lowest BCUT2D eigenvalue weighted by Gasteiger charge is -2.10. The van der Waals surface area contributed by atoms with Crippen LogP contribution in [-0.2, 0) is 6.54 Å². The minimum absolute atomic E-state index is 0.252. The van der Waals surface area contributed by atoms with E-state index in [0.29, 0.717) is 18.4 Å². The summed E-state index contributed by atoms with van der Waals surface area (Å²) in [6.07, 6.45) is 0. The summed E-state index contributed by atoms with van der Waals surface area (Å²) in [6.45, 7) is 6.85. The van der Waals surface area contributed by atoms with Crippen LogP contribution in [0.4, 0.5) is 0 Å². The normalized spacial score (nSPS) is 10.7. The van der Waals surface area contributed by atoms with Crippen molar-refractivity contribution in [1.82, 2.24) is 10.2 Å². The molecular formula is C13H17N3O2. The van der Waals surface area contributed by atoms with Crippen LogP contribution < -0.4 is 10.5 Å². The molecule has 1 aromatic carbocycles. The van der Waals surface area contributed by atoms with Gasteiger partial charge in [0.25, 0.3) is 0 Å². The molecule has 2 rings (SSSR count). The van der Waals surface area contributed by atoms with Crippen molar-refractivity contribution in [3.8, 4) is 17.2 Å². The molecule has 0 bridgehead atoms. The molecule has 0 aliphatic rings. The van der Waals surface area contributed by atoms with Crippen molar-refractivity contribution in [1.29, 1.82) is 0 Å². The van der Waals surface area contributed by atoms with Crippen LogP contribution in [0.15, 0.2) is 16.5 Å². The minimum atomic E-state index is 0.252. The monoisotopic (exact) mass is 247 g/mol. The number of hydrogen-bond acceptors (Lipinski definition) is 5. The third-order valence-electron chi connectivity index (χ3n) is 2.69. The molecule has 5 heteroatoms. The number of benzene rings is 1. The minimum Gasteiger partial charge on any atom is -0.494 e. The quantitative estimate of drug-likeness (QED) is 0.896. The first-order chi connectivity index (χ1) is 8.65. The van der Waals surface area contributed by atoms with Crippen molar-refractivity contribution in [2.45, 2.75) is 27.3 Å². The van der Waals surface area contributed by atoms with Crippen LogP contribution >= 0.6 is 0 Å². The average molecular weight is 247 g/mol. The molecule has 0 atom stereocenters. The summed E-state index contributed by atoms with van der Waals surface area (Å²) in [6, 6.07) is 3.98. The Balaban J connectivity index is 2.42. The number of ether oxygens (including phenoxy) is 1. The lowest BCUT2D eigenvalue weighted by molar-refractivity contribution is 0.337. The van der Waals surface area contributed by atoms with E-state index in [1.807, 2.05) is 32.9 Å². The van der Waals surface area contributed by atoms with Crippen LogP contribution in [0.5, 0.6) is 5.75 Å². The van der Waals surface area contributed by atoms with Gasteiger partial charge in [0.1, 0.15) is 5.75 Å². The van der Waals surface area contributed by atoms with Crippen LogP contribution in [0.3, 0.4) is 0 Å². The number of aryl methyl sites for hydroxylation is 2. The van der Waals surface area contributed by atoms with Crippen LogP contribution in [0.2, 0.25) is 0 Å². The molecule has 0 aliphatic carbocycles. The van der Waals surface area contributed by atoms with Crippen LogP contribution in [0.25, 0.3) is 11.5 Å². The number of nitrogens with zero attached hydrogens (tertiary/aromatic N) is 2. The van der Waals surface area contributed by atoms with Crippen molar-refractivity contribution < 1.29 is 9.15 Å². The summed E-state index contributed by atoms with van der Waals surface area (Å²) in [5, 5.41) is 7.87. The van der Waals surface area contributed by atoms with Crippen molar-refractivity contribution in [3.05, 3.63) is 29.2 Å². The molecule has 0 spiro atoms. The number of rotatable bonds is 4. The van der Waals surface area contributed by atoms with Crippen molar-refractivity contribution in [3.63, 3.8) is 0 Å². The zero-order chi connectivity index (χ0) is 13.1. The Morgan fingerprint density at radius 1 is 1.22 bits per heavy atom. The van der Waals surface area contributed by atoms with E-state index >= 15 is 0 Å². The Hall–Kier alpha value is -1.88. The summed E-state index contributed by atoms with van der Waals surface area (Å²) in [5.74, 6) is 1.83. The van der Waals surface area contributed by atoms with Gasteiger partial charge < -0.3 is 14.9 Å². The summed E-state index contributed by atoms with van der Waals surface area (Å²) in [7, 11) is 0. The standard InChI is InChI=1S/C13H17N3O2/c1-4-17-11-6-8(2)10(5-9(11)3)13-16-15-12(7-14)18-13/h5-6H,4,7,14H2,1-3H3. The van der Waals surface area contributed by atoms with E-state index in [2.05, 4.69) is 10.2 Å². The van der Waals surface area contributed by atoms with E-state index in [-0.39, 0.29) is 6.54 Å². The second-order valence-electron chi connectivity index (χ2n) is 4.07. The summed E-state index contributed by atoms with van der Waals surface area (Å²) < 4.78 is 11.0. The number of nitrogens with two attached hydrogens (primary N) is 1. The first-order valence-electron chi connectivity index (χ1n) is 5.92. The molecule has 2 N–H and O–H groups in total. The Morgan fingerprint density at radius 2 is 2.00 bits per heavy atom. The third-order valence-corrected chi connectivity index (χ3v) is 2.69. The largest absolute Gasteiger partial charge is 0.494 e. The van der Waals surface area contributed by atoms with E-state index in [1.54, 1.807) is 0 Å². The Morgan fingerprint density at radius 3 is 2.61 bits per heavy atom. The molecular weight excluding hydrogens is 230 g/mol.